The van der Waals surface area contributed by atoms with E-state index in [1.165, 1.54) is 83.5 Å². The topological polar surface area (TPSA) is 65.0 Å². The van der Waals surface area contributed by atoms with Gasteiger partial charge >= 0.3 is 7.82 Å². The lowest BCUT2D eigenvalue weighted by atomic mass is 10.0. The molecule has 0 saturated carbocycles. The van der Waals surface area contributed by atoms with Crippen LogP contribution in [0.4, 0.5) is 0 Å². The Labute approximate surface area is 196 Å². The van der Waals surface area contributed by atoms with Crippen LogP contribution in [0, 0.1) is 0 Å². The van der Waals surface area contributed by atoms with Crippen LogP contribution in [0.2, 0.25) is 0 Å². The third kappa shape index (κ3) is 18.7. The van der Waals surface area contributed by atoms with Crippen LogP contribution in [-0.2, 0) is 13.6 Å². The molecule has 32 heavy (non-hydrogen) atoms. The smallest absolute Gasteiger partial charge is 0.472 e. The minimum atomic E-state index is -3.98. The zero-order valence-corrected chi connectivity index (χ0v) is 21.2. The predicted octanol–water partition coefficient (Wildman–Crippen LogP) is 8.46. The van der Waals surface area contributed by atoms with Crippen molar-refractivity contribution < 1.29 is 23.2 Å². The molecule has 0 aliphatic carbocycles. The molecule has 0 aromatic heterocycles. The van der Waals surface area contributed by atoms with Gasteiger partial charge in [-0.15, -0.1) is 0 Å². The first-order chi connectivity index (χ1) is 15.6. The Bertz CT molecular complexity index is 567. The van der Waals surface area contributed by atoms with E-state index in [1.807, 2.05) is 30.3 Å². The molecule has 0 heterocycles. The molecule has 0 aliphatic rings. The average Bonchev–Trinajstić information content (AvgIpc) is 2.79. The highest BCUT2D eigenvalue weighted by Gasteiger charge is 2.20. The van der Waals surface area contributed by atoms with Crippen LogP contribution in [0.1, 0.15) is 110 Å². The number of phosphoric acid groups is 1. The number of hydrogen-bond donors (Lipinski definition) is 1. The number of para-hydroxylation sites is 1. The quantitative estimate of drug-likeness (QED) is 0.128. The van der Waals surface area contributed by atoms with Crippen molar-refractivity contribution in [1.29, 1.82) is 0 Å². The van der Waals surface area contributed by atoms with Crippen molar-refractivity contribution in [2.75, 3.05) is 19.8 Å². The minimum absolute atomic E-state index is 0.0155. The first-order valence-corrected chi connectivity index (χ1v) is 14.4. The Balaban J connectivity index is 1.80. The van der Waals surface area contributed by atoms with E-state index in [0.717, 1.165) is 19.3 Å². The average molecular weight is 471 g/mol. The van der Waals surface area contributed by atoms with Gasteiger partial charge in [-0.25, -0.2) is 4.57 Å². The second-order valence-corrected chi connectivity index (χ2v) is 10.1. The molecular weight excluding hydrogens is 423 g/mol. The van der Waals surface area contributed by atoms with E-state index in [2.05, 4.69) is 6.92 Å². The second-order valence-electron chi connectivity index (χ2n) is 8.60. The van der Waals surface area contributed by atoms with Gasteiger partial charge in [0.1, 0.15) is 12.4 Å². The van der Waals surface area contributed by atoms with Crippen LogP contribution in [0.3, 0.4) is 0 Å². The normalized spacial score (nSPS) is 13.2. The molecule has 1 atom stereocenters. The van der Waals surface area contributed by atoms with E-state index in [0.29, 0.717) is 5.75 Å². The zero-order chi connectivity index (χ0) is 23.2. The number of hydrogen-bond acceptors (Lipinski definition) is 4. The van der Waals surface area contributed by atoms with Gasteiger partial charge in [-0.2, -0.15) is 0 Å². The van der Waals surface area contributed by atoms with Crippen LogP contribution in [0.15, 0.2) is 30.3 Å². The third-order valence-electron chi connectivity index (χ3n) is 5.60. The summed E-state index contributed by atoms with van der Waals surface area (Å²) in [6, 6.07) is 9.29. The molecule has 0 bridgehead atoms. The van der Waals surface area contributed by atoms with Crippen molar-refractivity contribution in [2.45, 2.75) is 110 Å². The molecule has 0 saturated heterocycles. The number of phosphoric ester groups is 1. The molecular formula is C26H47O5P. The van der Waals surface area contributed by atoms with Gasteiger partial charge in [0, 0.05) is 0 Å². The number of ether oxygens (including phenoxy) is 1. The lowest BCUT2D eigenvalue weighted by Gasteiger charge is -2.12. The molecule has 1 aromatic rings. The molecule has 0 fully saturated rings. The van der Waals surface area contributed by atoms with E-state index >= 15 is 0 Å². The molecule has 5 nitrogen and oxygen atoms in total. The Morgan fingerprint density at radius 1 is 0.625 bits per heavy atom. The molecule has 186 valence electrons. The first-order valence-electron chi connectivity index (χ1n) is 12.9. The van der Waals surface area contributed by atoms with Crippen molar-refractivity contribution in [3.63, 3.8) is 0 Å². The van der Waals surface area contributed by atoms with Crippen molar-refractivity contribution in [3.8, 4) is 5.75 Å². The van der Waals surface area contributed by atoms with Crippen LogP contribution >= 0.6 is 7.82 Å². The minimum Gasteiger partial charge on any atom is -0.491 e. The van der Waals surface area contributed by atoms with E-state index in [9.17, 15) is 9.46 Å². The number of unbranched alkanes of at least 4 members (excludes halogenated alkanes) is 15. The van der Waals surface area contributed by atoms with Gasteiger partial charge in [0.15, 0.2) is 0 Å². The Kier molecular flexibility index (Phi) is 18.9. The fourth-order valence-corrected chi connectivity index (χ4v) is 4.44. The molecule has 1 aromatic carbocycles. The maximum Gasteiger partial charge on any atom is 0.472 e. The molecule has 1 unspecified atom stereocenters. The number of benzene rings is 1. The van der Waals surface area contributed by atoms with Crippen molar-refractivity contribution in [1.82, 2.24) is 0 Å². The Morgan fingerprint density at radius 2 is 1.06 bits per heavy atom. The fraction of sp³-hybridized carbons (Fsp3) is 0.769. The summed E-state index contributed by atoms with van der Waals surface area (Å²) < 4.78 is 27.2. The fourth-order valence-electron chi connectivity index (χ4n) is 3.70. The van der Waals surface area contributed by atoms with Gasteiger partial charge in [-0.3, -0.25) is 9.05 Å². The van der Waals surface area contributed by atoms with E-state index in [4.69, 9.17) is 13.8 Å². The van der Waals surface area contributed by atoms with E-state index < -0.39 is 7.82 Å². The zero-order valence-electron chi connectivity index (χ0n) is 20.3. The molecule has 1 rings (SSSR count). The van der Waals surface area contributed by atoms with Crippen molar-refractivity contribution in [2.24, 2.45) is 0 Å². The summed E-state index contributed by atoms with van der Waals surface area (Å²) >= 11 is 0. The maximum atomic E-state index is 11.8. The van der Waals surface area contributed by atoms with Crippen molar-refractivity contribution >= 4 is 7.82 Å². The van der Waals surface area contributed by atoms with Crippen molar-refractivity contribution in [3.05, 3.63) is 30.3 Å². The summed E-state index contributed by atoms with van der Waals surface area (Å²) in [5.74, 6) is 0.706. The monoisotopic (exact) mass is 470 g/mol. The summed E-state index contributed by atoms with van der Waals surface area (Å²) in [4.78, 5) is 9.69. The highest BCUT2D eigenvalue weighted by Crippen LogP contribution is 2.43. The van der Waals surface area contributed by atoms with Crippen LogP contribution in [0.25, 0.3) is 0 Å². The molecule has 0 amide bonds. The highest BCUT2D eigenvalue weighted by molar-refractivity contribution is 7.47. The van der Waals surface area contributed by atoms with E-state index in [-0.39, 0.29) is 19.8 Å². The highest BCUT2D eigenvalue weighted by atomic mass is 31.2. The predicted molar refractivity (Wildman–Crippen MR) is 133 cm³/mol. The SMILES string of the molecule is CCCCCCCCCCCCCCCCCCOP(=O)(O)OCCOc1ccccc1. The number of rotatable bonds is 23. The van der Waals surface area contributed by atoms with Gasteiger partial charge in [-0.05, 0) is 18.6 Å². The van der Waals surface area contributed by atoms with Gasteiger partial charge in [0.25, 0.3) is 0 Å². The lowest BCUT2D eigenvalue weighted by Crippen LogP contribution is -2.07. The van der Waals surface area contributed by atoms with Gasteiger partial charge in [0.2, 0.25) is 0 Å². The summed E-state index contributed by atoms with van der Waals surface area (Å²) in [7, 11) is -3.98. The second kappa shape index (κ2) is 20.7. The Hall–Kier alpha value is -0.870. The van der Waals surface area contributed by atoms with E-state index in [1.54, 1.807) is 0 Å². The van der Waals surface area contributed by atoms with Crippen LogP contribution in [-0.4, -0.2) is 24.7 Å². The summed E-state index contributed by atoms with van der Waals surface area (Å²) in [5.41, 5.74) is 0. The molecule has 1 N–H and O–H groups in total. The largest absolute Gasteiger partial charge is 0.491 e. The van der Waals surface area contributed by atoms with Gasteiger partial charge < -0.3 is 9.63 Å². The summed E-state index contributed by atoms with van der Waals surface area (Å²) in [6.45, 7) is 2.75. The molecule has 6 heteroatoms. The van der Waals surface area contributed by atoms with Gasteiger partial charge in [-0.1, -0.05) is 121 Å². The summed E-state index contributed by atoms with van der Waals surface area (Å²) in [5, 5.41) is 0. The third-order valence-corrected chi connectivity index (χ3v) is 6.62. The maximum absolute atomic E-state index is 11.8. The van der Waals surface area contributed by atoms with Crippen LogP contribution in [0.5, 0.6) is 5.75 Å². The van der Waals surface area contributed by atoms with Gasteiger partial charge in [0.05, 0.1) is 13.2 Å². The summed E-state index contributed by atoms with van der Waals surface area (Å²) in [6.07, 6.45) is 20.8. The standard InChI is InChI=1S/C26H47O5P/c1-2-3-4-5-6-7-8-9-10-11-12-13-14-15-16-20-23-30-32(27,28)31-25-24-29-26-21-18-17-19-22-26/h17-19,21-22H,2-16,20,23-25H2,1H3,(H,27,28). The first kappa shape index (κ1) is 29.2. The molecule has 0 aliphatic heterocycles. The molecule has 0 radical (unpaired) electrons. The molecule has 0 spiro atoms. The Morgan fingerprint density at radius 3 is 1.56 bits per heavy atom. The lowest BCUT2D eigenvalue weighted by molar-refractivity contribution is 0.127. The van der Waals surface area contributed by atoms with Crippen LogP contribution < -0.4 is 4.74 Å².